The summed E-state index contributed by atoms with van der Waals surface area (Å²) in [7, 11) is 6.04. The smallest absolute Gasteiger partial charge is 0.377 e. The fraction of sp³-hybridized carbons (Fsp3) is 0.500. The van der Waals surface area contributed by atoms with Gasteiger partial charge in [-0.25, -0.2) is 4.98 Å². The average Bonchev–Trinajstić information content (AvgIpc) is 2.96. The fourth-order valence-electron chi connectivity index (χ4n) is 2.23. The van der Waals surface area contributed by atoms with E-state index < -0.39 is 8.80 Å². The van der Waals surface area contributed by atoms with Crippen LogP contribution in [-0.4, -0.2) is 40.9 Å². The van der Waals surface area contributed by atoms with E-state index in [9.17, 15) is 0 Å². The van der Waals surface area contributed by atoms with Gasteiger partial charge in [0.2, 0.25) is 0 Å². The van der Waals surface area contributed by atoms with Crippen LogP contribution in [-0.2, 0) is 13.3 Å². The highest BCUT2D eigenvalue weighted by Crippen LogP contribution is 2.38. The highest BCUT2D eigenvalue weighted by molar-refractivity contribution is 8.77. The van der Waals surface area contributed by atoms with E-state index in [0.29, 0.717) is 0 Å². The number of nitrogens with zero attached hydrogens (tertiary/aromatic N) is 1. The van der Waals surface area contributed by atoms with E-state index in [-0.39, 0.29) is 5.54 Å². The number of hydrogen-bond donors (Lipinski definition) is 0. The van der Waals surface area contributed by atoms with Gasteiger partial charge >= 0.3 is 8.80 Å². The molecule has 0 fully saturated rings. The molecule has 8 heteroatoms. The molecule has 1 atom stereocenters. The molecule has 0 bridgehead atoms. The van der Waals surface area contributed by atoms with Crippen LogP contribution in [0.3, 0.4) is 0 Å². The van der Waals surface area contributed by atoms with Crippen molar-refractivity contribution in [2.45, 2.75) is 23.2 Å². The molecule has 0 spiro atoms. The minimum Gasteiger partial charge on any atom is -0.377 e. The van der Waals surface area contributed by atoms with Crippen molar-refractivity contribution in [3.63, 3.8) is 0 Å². The van der Waals surface area contributed by atoms with Crippen LogP contribution in [0.5, 0.6) is 0 Å². The number of aromatic nitrogens is 1. The summed E-state index contributed by atoms with van der Waals surface area (Å²) in [4.78, 5) is 4.62. The average molecular weight is 376 g/mol. The SMILES string of the molecule is CO[Si](OC)(OC)C(C)CCSSc1nc2ccccc2s1. The van der Waals surface area contributed by atoms with Crippen molar-refractivity contribution >= 4 is 51.9 Å². The topological polar surface area (TPSA) is 40.6 Å². The van der Waals surface area contributed by atoms with E-state index in [4.69, 9.17) is 13.3 Å². The van der Waals surface area contributed by atoms with E-state index in [0.717, 1.165) is 22.0 Å². The first-order valence-electron chi connectivity index (χ1n) is 6.95. The third kappa shape index (κ3) is 4.25. The van der Waals surface area contributed by atoms with Gasteiger partial charge in [0, 0.05) is 32.6 Å². The summed E-state index contributed by atoms with van der Waals surface area (Å²) in [5.74, 6) is 1.01. The highest BCUT2D eigenvalue weighted by atomic mass is 33.1. The summed E-state index contributed by atoms with van der Waals surface area (Å²) >= 11 is 1.74. The molecule has 1 unspecified atom stereocenters. The molecule has 0 radical (unpaired) electrons. The van der Waals surface area contributed by atoms with Gasteiger partial charge in [-0.05, 0) is 29.3 Å². The van der Waals surface area contributed by atoms with Gasteiger partial charge in [0.25, 0.3) is 0 Å². The predicted molar refractivity (Wildman–Crippen MR) is 98.8 cm³/mol. The lowest BCUT2D eigenvalue weighted by Gasteiger charge is -2.29. The highest BCUT2D eigenvalue weighted by Gasteiger charge is 2.44. The van der Waals surface area contributed by atoms with Crippen LogP contribution in [0.15, 0.2) is 28.6 Å². The first kappa shape index (κ1) is 18.2. The maximum atomic E-state index is 5.52. The molecule has 1 aromatic heterocycles. The molecule has 0 saturated heterocycles. The van der Waals surface area contributed by atoms with Crippen molar-refractivity contribution in [1.82, 2.24) is 4.98 Å². The van der Waals surface area contributed by atoms with Gasteiger partial charge < -0.3 is 13.3 Å². The molecule has 2 aromatic rings. The number of para-hydroxylation sites is 1. The number of fused-ring (bicyclic) bond motifs is 1. The molecular weight excluding hydrogens is 354 g/mol. The molecule has 122 valence electrons. The van der Waals surface area contributed by atoms with Gasteiger partial charge in [0.05, 0.1) is 10.2 Å². The number of benzene rings is 1. The normalized spacial score (nSPS) is 13.6. The minimum atomic E-state index is -2.51. The van der Waals surface area contributed by atoms with Gasteiger partial charge in [-0.2, -0.15) is 0 Å². The standard InChI is InChI=1S/C14H21NO3S3Si/c1-11(22(16-2,17-3)18-4)9-10-19-21-14-15-12-7-5-6-8-13(12)20-14/h5-8,11H,9-10H2,1-4H3. The first-order chi connectivity index (χ1) is 10.6. The Hall–Kier alpha value is -0.0931. The Morgan fingerprint density at radius 1 is 1.18 bits per heavy atom. The summed E-state index contributed by atoms with van der Waals surface area (Å²) in [6.45, 7) is 2.13. The summed E-state index contributed by atoms with van der Waals surface area (Å²) in [5, 5.41) is 0. The van der Waals surface area contributed by atoms with Gasteiger partial charge in [-0.3, -0.25) is 0 Å². The van der Waals surface area contributed by atoms with E-state index in [2.05, 4.69) is 24.0 Å². The summed E-state index contributed by atoms with van der Waals surface area (Å²) in [6, 6.07) is 8.24. The van der Waals surface area contributed by atoms with Crippen LogP contribution < -0.4 is 0 Å². The molecule has 4 nitrogen and oxygen atoms in total. The van der Waals surface area contributed by atoms with Gasteiger partial charge in [0.15, 0.2) is 4.34 Å². The summed E-state index contributed by atoms with van der Waals surface area (Å²) in [6.07, 6.45) is 0.990. The zero-order valence-electron chi connectivity index (χ0n) is 13.2. The van der Waals surface area contributed by atoms with Crippen molar-refractivity contribution in [1.29, 1.82) is 0 Å². The zero-order valence-corrected chi connectivity index (χ0v) is 16.6. The summed E-state index contributed by atoms with van der Waals surface area (Å²) < 4.78 is 18.9. The molecular formula is C14H21NO3S3Si. The zero-order chi connectivity index (χ0) is 16.0. The third-order valence-corrected chi connectivity index (χ3v) is 10.4. The fourth-order valence-corrected chi connectivity index (χ4v) is 8.21. The molecule has 22 heavy (non-hydrogen) atoms. The van der Waals surface area contributed by atoms with Gasteiger partial charge in [-0.15, -0.1) is 11.3 Å². The van der Waals surface area contributed by atoms with Crippen molar-refractivity contribution in [2.75, 3.05) is 27.1 Å². The van der Waals surface area contributed by atoms with Crippen molar-refractivity contribution < 1.29 is 13.3 Å². The molecule has 0 N–H and O–H groups in total. The largest absolute Gasteiger partial charge is 0.503 e. The van der Waals surface area contributed by atoms with E-state index in [1.807, 2.05) is 22.9 Å². The van der Waals surface area contributed by atoms with Crippen LogP contribution >= 0.6 is 32.9 Å². The number of hydrogen-bond acceptors (Lipinski definition) is 7. The lowest BCUT2D eigenvalue weighted by molar-refractivity contribution is 0.112. The van der Waals surface area contributed by atoms with E-state index in [1.54, 1.807) is 43.5 Å². The molecule has 0 aliphatic rings. The molecule has 0 aliphatic heterocycles. The number of thiazole rings is 1. The Morgan fingerprint density at radius 2 is 1.86 bits per heavy atom. The van der Waals surface area contributed by atoms with Crippen molar-refractivity contribution in [3.8, 4) is 0 Å². The maximum Gasteiger partial charge on any atom is 0.503 e. The maximum absolute atomic E-state index is 5.52. The molecule has 0 saturated carbocycles. The quantitative estimate of drug-likeness (QED) is 0.360. The van der Waals surface area contributed by atoms with E-state index >= 15 is 0 Å². The Bertz CT molecular complexity index is 550. The van der Waals surface area contributed by atoms with Crippen molar-refractivity contribution in [2.24, 2.45) is 0 Å². The van der Waals surface area contributed by atoms with Crippen LogP contribution in [0, 0.1) is 0 Å². The summed E-state index contributed by atoms with van der Waals surface area (Å²) in [5.41, 5.74) is 1.35. The first-order valence-corrected chi connectivity index (χ1v) is 11.9. The second-order valence-corrected chi connectivity index (χ2v) is 11.9. The van der Waals surface area contributed by atoms with Gasteiger partial charge in [-0.1, -0.05) is 29.9 Å². The molecule has 2 rings (SSSR count). The van der Waals surface area contributed by atoms with Crippen LogP contribution in [0.2, 0.25) is 5.54 Å². The monoisotopic (exact) mass is 375 g/mol. The predicted octanol–water partition coefficient (Wildman–Crippen LogP) is 4.69. The van der Waals surface area contributed by atoms with Crippen LogP contribution in [0.4, 0.5) is 0 Å². The second kappa shape index (κ2) is 8.67. The molecule has 1 heterocycles. The van der Waals surface area contributed by atoms with Crippen molar-refractivity contribution in [3.05, 3.63) is 24.3 Å². The van der Waals surface area contributed by atoms with Crippen LogP contribution in [0.1, 0.15) is 13.3 Å². The Kier molecular flexibility index (Phi) is 7.19. The van der Waals surface area contributed by atoms with Gasteiger partial charge in [0.1, 0.15) is 0 Å². The second-order valence-electron chi connectivity index (χ2n) is 4.76. The van der Waals surface area contributed by atoms with E-state index in [1.165, 1.54) is 4.70 Å². The Labute approximate surface area is 144 Å². The molecule has 1 aromatic carbocycles. The molecule has 0 amide bonds. The molecule has 0 aliphatic carbocycles. The third-order valence-electron chi connectivity index (χ3n) is 3.50. The Balaban J connectivity index is 1.81. The number of rotatable bonds is 9. The minimum absolute atomic E-state index is 0.274. The van der Waals surface area contributed by atoms with Crippen LogP contribution in [0.25, 0.3) is 10.2 Å². The Morgan fingerprint density at radius 3 is 2.50 bits per heavy atom. The lowest BCUT2D eigenvalue weighted by Crippen LogP contribution is -2.46. The lowest BCUT2D eigenvalue weighted by atomic mass is 10.3.